The fraction of sp³-hybridized carbons (Fsp3) is 0.714. The standard InChI is InChI=1S/C14H22N4O/c1-14(10-19-11-14)9-17-12-4-2-7-18(8-12)13-15-5-3-6-16-13/h3,5-6,12,17H,2,4,7-11H2,1H3. The molecule has 0 aromatic carbocycles. The maximum absolute atomic E-state index is 5.30. The highest BCUT2D eigenvalue weighted by Gasteiger charge is 2.34. The topological polar surface area (TPSA) is 50.3 Å². The van der Waals surface area contributed by atoms with Gasteiger partial charge in [0.1, 0.15) is 0 Å². The van der Waals surface area contributed by atoms with Crippen LogP contribution >= 0.6 is 0 Å². The van der Waals surface area contributed by atoms with Crippen molar-refractivity contribution in [2.75, 3.05) is 37.7 Å². The Balaban J connectivity index is 1.53. The maximum atomic E-state index is 5.30. The summed E-state index contributed by atoms with van der Waals surface area (Å²) >= 11 is 0. The molecule has 5 heteroatoms. The monoisotopic (exact) mass is 262 g/mol. The van der Waals surface area contributed by atoms with E-state index in [1.807, 2.05) is 18.5 Å². The van der Waals surface area contributed by atoms with E-state index in [1.54, 1.807) is 0 Å². The van der Waals surface area contributed by atoms with Gasteiger partial charge in [0.15, 0.2) is 0 Å². The van der Waals surface area contributed by atoms with Crippen molar-refractivity contribution in [2.24, 2.45) is 5.41 Å². The van der Waals surface area contributed by atoms with E-state index in [1.165, 1.54) is 12.8 Å². The van der Waals surface area contributed by atoms with Crippen molar-refractivity contribution in [3.8, 4) is 0 Å². The number of hydrogen-bond donors (Lipinski definition) is 1. The Bertz CT molecular complexity index is 407. The summed E-state index contributed by atoms with van der Waals surface area (Å²) in [5.41, 5.74) is 0.339. The van der Waals surface area contributed by atoms with Crippen molar-refractivity contribution >= 4 is 5.95 Å². The molecule has 2 saturated heterocycles. The lowest BCUT2D eigenvalue weighted by Crippen LogP contribution is -2.53. The third-order valence-corrected chi connectivity index (χ3v) is 3.97. The van der Waals surface area contributed by atoms with Gasteiger partial charge in [0.05, 0.1) is 13.2 Å². The van der Waals surface area contributed by atoms with Gasteiger partial charge in [-0.2, -0.15) is 0 Å². The Morgan fingerprint density at radius 3 is 2.89 bits per heavy atom. The lowest BCUT2D eigenvalue weighted by atomic mass is 9.88. The zero-order valence-electron chi connectivity index (χ0n) is 11.5. The van der Waals surface area contributed by atoms with Crippen molar-refractivity contribution in [3.05, 3.63) is 18.5 Å². The van der Waals surface area contributed by atoms with Crippen molar-refractivity contribution in [1.82, 2.24) is 15.3 Å². The Morgan fingerprint density at radius 2 is 2.21 bits per heavy atom. The van der Waals surface area contributed by atoms with E-state index < -0.39 is 0 Å². The molecule has 0 bridgehead atoms. The van der Waals surface area contributed by atoms with Crippen LogP contribution in [0.4, 0.5) is 5.95 Å². The van der Waals surface area contributed by atoms with E-state index >= 15 is 0 Å². The van der Waals surface area contributed by atoms with Crippen molar-refractivity contribution in [2.45, 2.75) is 25.8 Å². The van der Waals surface area contributed by atoms with Crippen LogP contribution in [0.3, 0.4) is 0 Å². The number of hydrogen-bond acceptors (Lipinski definition) is 5. The van der Waals surface area contributed by atoms with Gasteiger partial charge in [-0.05, 0) is 18.9 Å². The maximum Gasteiger partial charge on any atom is 0.225 e. The molecule has 0 radical (unpaired) electrons. The molecule has 0 saturated carbocycles. The van der Waals surface area contributed by atoms with Crippen LogP contribution in [0.15, 0.2) is 18.5 Å². The van der Waals surface area contributed by atoms with E-state index in [0.717, 1.165) is 38.8 Å². The van der Waals surface area contributed by atoms with Crippen molar-refractivity contribution in [1.29, 1.82) is 0 Å². The summed E-state index contributed by atoms with van der Waals surface area (Å²) in [6.07, 6.45) is 6.06. The van der Waals surface area contributed by atoms with Crippen LogP contribution in [0.2, 0.25) is 0 Å². The number of aromatic nitrogens is 2. The molecular weight excluding hydrogens is 240 g/mol. The molecule has 1 N–H and O–H groups in total. The molecule has 2 aliphatic heterocycles. The molecule has 5 nitrogen and oxygen atoms in total. The van der Waals surface area contributed by atoms with E-state index in [0.29, 0.717) is 11.5 Å². The van der Waals surface area contributed by atoms with Gasteiger partial charge in [-0.3, -0.25) is 0 Å². The third-order valence-electron chi connectivity index (χ3n) is 3.97. The second-order valence-electron chi connectivity index (χ2n) is 6.02. The number of nitrogens with one attached hydrogen (secondary N) is 1. The minimum atomic E-state index is 0.339. The summed E-state index contributed by atoms with van der Waals surface area (Å²) in [6, 6.07) is 2.40. The third kappa shape index (κ3) is 3.04. The number of ether oxygens (including phenoxy) is 1. The van der Waals surface area contributed by atoms with Gasteiger partial charge in [-0.1, -0.05) is 6.92 Å². The normalized spacial score (nSPS) is 25.9. The van der Waals surface area contributed by atoms with E-state index in [-0.39, 0.29) is 0 Å². The second-order valence-corrected chi connectivity index (χ2v) is 6.02. The molecule has 0 aliphatic carbocycles. The first kappa shape index (κ1) is 12.8. The average molecular weight is 262 g/mol. The molecule has 3 rings (SSSR count). The molecule has 1 aromatic rings. The lowest BCUT2D eigenvalue weighted by molar-refractivity contribution is -0.100. The summed E-state index contributed by atoms with van der Waals surface area (Å²) in [5.74, 6) is 0.854. The van der Waals surface area contributed by atoms with Crippen LogP contribution in [0, 0.1) is 5.41 Å². The molecule has 1 unspecified atom stereocenters. The minimum Gasteiger partial charge on any atom is -0.380 e. The van der Waals surface area contributed by atoms with Crippen LogP contribution in [-0.2, 0) is 4.74 Å². The van der Waals surface area contributed by atoms with Crippen LogP contribution in [0.1, 0.15) is 19.8 Å². The first-order valence-corrected chi connectivity index (χ1v) is 7.08. The summed E-state index contributed by atoms with van der Waals surface area (Å²) in [5, 5.41) is 3.69. The highest BCUT2D eigenvalue weighted by Crippen LogP contribution is 2.26. The molecule has 1 atom stereocenters. The molecular formula is C14H22N4O. The molecule has 19 heavy (non-hydrogen) atoms. The highest BCUT2D eigenvalue weighted by molar-refractivity contribution is 5.29. The molecule has 2 aliphatic rings. The van der Waals surface area contributed by atoms with E-state index in [9.17, 15) is 0 Å². The molecule has 0 amide bonds. The lowest BCUT2D eigenvalue weighted by Gasteiger charge is -2.41. The quantitative estimate of drug-likeness (QED) is 0.879. The van der Waals surface area contributed by atoms with E-state index in [4.69, 9.17) is 4.74 Å². The summed E-state index contributed by atoms with van der Waals surface area (Å²) in [4.78, 5) is 11.0. The number of rotatable bonds is 4. The van der Waals surface area contributed by atoms with Crippen LogP contribution in [0.5, 0.6) is 0 Å². The predicted octanol–water partition coefficient (Wildman–Crippen LogP) is 1.07. The zero-order valence-corrected chi connectivity index (χ0v) is 11.5. The summed E-state index contributed by atoms with van der Waals surface area (Å²) < 4.78 is 5.30. The molecule has 0 spiro atoms. The van der Waals surface area contributed by atoms with Gasteiger partial charge < -0.3 is 15.0 Å². The molecule has 104 valence electrons. The largest absolute Gasteiger partial charge is 0.380 e. The molecule has 1 aromatic heterocycles. The number of piperidine rings is 1. The van der Waals surface area contributed by atoms with Crippen LogP contribution in [-0.4, -0.2) is 48.9 Å². The number of nitrogens with zero attached hydrogens (tertiary/aromatic N) is 3. The summed E-state index contributed by atoms with van der Waals surface area (Å²) in [6.45, 7) is 7.16. The predicted molar refractivity (Wildman–Crippen MR) is 74.2 cm³/mol. The molecule has 3 heterocycles. The minimum absolute atomic E-state index is 0.339. The zero-order chi connectivity index (χ0) is 13.1. The summed E-state index contributed by atoms with van der Waals surface area (Å²) in [7, 11) is 0. The Hall–Kier alpha value is -1.20. The second kappa shape index (κ2) is 5.43. The fourth-order valence-corrected chi connectivity index (χ4v) is 2.72. The first-order chi connectivity index (χ1) is 9.25. The van der Waals surface area contributed by atoms with Gasteiger partial charge in [0.25, 0.3) is 0 Å². The highest BCUT2D eigenvalue weighted by atomic mass is 16.5. The van der Waals surface area contributed by atoms with Gasteiger partial charge in [-0.15, -0.1) is 0 Å². The van der Waals surface area contributed by atoms with Crippen molar-refractivity contribution < 1.29 is 4.74 Å². The Morgan fingerprint density at radius 1 is 1.42 bits per heavy atom. The smallest absolute Gasteiger partial charge is 0.225 e. The van der Waals surface area contributed by atoms with Gasteiger partial charge in [0.2, 0.25) is 5.95 Å². The first-order valence-electron chi connectivity index (χ1n) is 7.08. The molecule has 2 fully saturated rings. The van der Waals surface area contributed by atoms with Crippen LogP contribution < -0.4 is 10.2 Å². The Kier molecular flexibility index (Phi) is 3.66. The average Bonchev–Trinajstić information content (AvgIpc) is 2.44. The van der Waals surface area contributed by atoms with Gasteiger partial charge in [0, 0.05) is 43.5 Å². The van der Waals surface area contributed by atoms with Crippen LogP contribution in [0.25, 0.3) is 0 Å². The SMILES string of the molecule is CC1(CNC2CCCN(c3ncccn3)C2)COC1. The van der Waals surface area contributed by atoms with Gasteiger partial charge >= 0.3 is 0 Å². The van der Waals surface area contributed by atoms with Crippen molar-refractivity contribution in [3.63, 3.8) is 0 Å². The fourth-order valence-electron chi connectivity index (χ4n) is 2.72. The Labute approximate surface area is 114 Å². The van der Waals surface area contributed by atoms with Gasteiger partial charge in [-0.25, -0.2) is 9.97 Å². The number of anilines is 1. The van der Waals surface area contributed by atoms with E-state index in [2.05, 4.69) is 27.1 Å².